The van der Waals surface area contributed by atoms with Crippen LogP contribution in [0.3, 0.4) is 0 Å². The summed E-state index contributed by atoms with van der Waals surface area (Å²) in [6.07, 6.45) is 0. The van der Waals surface area contributed by atoms with Crippen LogP contribution >= 0.6 is 0 Å². The van der Waals surface area contributed by atoms with Crippen LogP contribution < -0.4 is 43.7 Å². The van der Waals surface area contributed by atoms with Gasteiger partial charge in [-0.2, -0.15) is 0 Å². The Bertz CT molecular complexity index is 10.8. The Morgan fingerprint density at radius 1 is 0.833 bits per heavy atom. The van der Waals surface area contributed by atoms with E-state index in [1.807, 2.05) is 0 Å². The zero-order chi connectivity index (χ0) is 2.00. The second-order valence-electron chi connectivity index (χ2n) is 0. The summed E-state index contributed by atoms with van der Waals surface area (Å²) >= 11 is 0.300. The SMILES string of the molecule is [F-].[F-].[F-].[Na+].[O]=[Sn+2]. The molecule has 0 aromatic rings. The summed E-state index contributed by atoms with van der Waals surface area (Å²) in [5.74, 6) is 0. The third kappa shape index (κ3) is 53.8. The molecule has 0 saturated carbocycles. The first kappa shape index (κ1) is 52.9. The van der Waals surface area contributed by atoms with Gasteiger partial charge in [-0.1, -0.05) is 0 Å². The second kappa shape index (κ2) is 96.2. The molecule has 0 fully saturated rings. The van der Waals surface area contributed by atoms with Crippen molar-refractivity contribution in [1.29, 1.82) is 0 Å². The number of halogens is 3. The third-order valence-corrected chi connectivity index (χ3v) is 0. The molecule has 0 heterocycles. The fourth-order valence-electron chi connectivity index (χ4n) is 0. The molecule has 1 nitrogen and oxygen atoms in total. The predicted molar refractivity (Wildman–Crippen MR) is 6.44 cm³/mol. The van der Waals surface area contributed by atoms with E-state index in [0.29, 0.717) is 22.5 Å². The molecule has 0 aromatic heterocycles. The van der Waals surface area contributed by atoms with Gasteiger partial charge in [0.15, 0.2) is 0 Å². The van der Waals surface area contributed by atoms with Gasteiger partial charge >= 0.3 is 55.1 Å². The molecule has 0 saturated heterocycles. The maximum atomic E-state index is 8.34. The second-order valence-corrected chi connectivity index (χ2v) is 0. The Hall–Kier alpha value is 1.39. The van der Waals surface area contributed by atoms with Crippen LogP contribution in [0.25, 0.3) is 0 Å². The van der Waals surface area contributed by atoms with Crippen molar-refractivity contribution in [2.45, 2.75) is 0 Å². The van der Waals surface area contributed by atoms with Crippen LogP contribution in [0.5, 0.6) is 0 Å². The molecular formula is F3NaOSn. The van der Waals surface area contributed by atoms with Crippen LogP contribution in [0.1, 0.15) is 0 Å². The van der Waals surface area contributed by atoms with Gasteiger partial charge in [0.05, 0.1) is 0 Å². The van der Waals surface area contributed by atoms with E-state index in [1.54, 1.807) is 0 Å². The molecule has 0 radical (unpaired) electrons. The molecule has 0 N–H and O–H groups in total. The molecule has 0 spiro atoms. The monoisotopic (exact) mass is 216 g/mol. The molecule has 6 heavy (non-hydrogen) atoms. The molecule has 0 aliphatic heterocycles. The van der Waals surface area contributed by atoms with E-state index in [2.05, 4.69) is 0 Å². The Morgan fingerprint density at radius 2 is 0.833 bits per heavy atom. The quantitative estimate of drug-likeness (QED) is 0.366. The summed E-state index contributed by atoms with van der Waals surface area (Å²) in [7, 11) is 0. The maximum absolute atomic E-state index is 8.34. The Balaban J connectivity index is -0.000000000833. The van der Waals surface area contributed by atoms with Crippen LogP contribution in [0.2, 0.25) is 0 Å². The van der Waals surface area contributed by atoms with E-state index >= 15 is 0 Å². The van der Waals surface area contributed by atoms with Crippen LogP contribution in [0.15, 0.2) is 0 Å². The van der Waals surface area contributed by atoms with Gasteiger partial charge in [0.2, 0.25) is 0 Å². The van der Waals surface area contributed by atoms with E-state index in [4.69, 9.17) is 3.08 Å². The summed E-state index contributed by atoms with van der Waals surface area (Å²) in [4.78, 5) is 0. The van der Waals surface area contributed by atoms with Gasteiger partial charge < -0.3 is 14.1 Å². The number of rotatable bonds is 0. The Labute approximate surface area is 68.7 Å². The van der Waals surface area contributed by atoms with Crippen LogP contribution in [-0.4, -0.2) is 22.5 Å². The normalized spacial score (nSPS) is 1.00. The average Bonchev–Trinajstić information content (AvgIpc) is 1.00. The van der Waals surface area contributed by atoms with Crippen molar-refractivity contribution in [3.63, 3.8) is 0 Å². The first-order valence-electron chi connectivity index (χ1n) is 0.204. The minimum atomic E-state index is 0. The van der Waals surface area contributed by atoms with Gasteiger partial charge in [0.25, 0.3) is 0 Å². The van der Waals surface area contributed by atoms with E-state index in [-0.39, 0.29) is 43.7 Å². The summed E-state index contributed by atoms with van der Waals surface area (Å²) in [5, 5.41) is 0. The van der Waals surface area contributed by atoms with Crippen molar-refractivity contribution in [2.75, 3.05) is 0 Å². The van der Waals surface area contributed by atoms with Gasteiger partial charge in [-0.25, -0.2) is 0 Å². The van der Waals surface area contributed by atoms with Crippen molar-refractivity contribution in [3.05, 3.63) is 0 Å². The van der Waals surface area contributed by atoms with Gasteiger partial charge in [-0.15, -0.1) is 0 Å². The molecule has 0 atom stereocenters. The molecule has 6 heteroatoms. The van der Waals surface area contributed by atoms with E-state index in [0.717, 1.165) is 0 Å². The summed E-state index contributed by atoms with van der Waals surface area (Å²) < 4.78 is 8.34. The molecule has 0 amide bonds. The van der Waals surface area contributed by atoms with Gasteiger partial charge in [-0.3, -0.25) is 0 Å². The van der Waals surface area contributed by atoms with Crippen molar-refractivity contribution >= 4 is 22.5 Å². The van der Waals surface area contributed by atoms with Gasteiger partial charge in [-0.05, 0) is 0 Å². The molecule has 32 valence electrons. The van der Waals surface area contributed by atoms with Crippen LogP contribution in [0.4, 0.5) is 0 Å². The molecule has 0 rings (SSSR count). The molecule has 0 unspecified atom stereocenters. The van der Waals surface area contributed by atoms with Gasteiger partial charge in [0, 0.05) is 0 Å². The number of hydrogen-bond donors (Lipinski definition) is 0. The first-order valence-corrected chi connectivity index (χ1v) is 1.37. The first-order chi connectivity index (χ1) is 1.00. The average molecular weight is 215 g/mol. The van der Waals surface area contributed by atoms with Crippen LogP contribution in [-0.2, 0) is 3.08 Å². The molecular weight excluding hydrogens is 215 g/mol. The zero-order valence-corrected chi connectivity index (χ0v) is 7.90. The summed E-state index contributed by atoms with van der Waals surface area (Å²) in [6, 6.07) is 0. The molecule has 0 aliphatic carbocycles. The predicted octanol–water partition coefficient (Wildman–Crippen LogP) is -12.5. The molecule has 0 bridgehead atoms. The summed E-state index contributed by atoms with van der Waals surface area (Å²) in [5.41, 5.74) is 0. The fraction of sp³-hybridized carbons (Fsp3) is 0. The van der Waals surface area contributed by atoms with Crippen molar-refractivity contribution < 1.29 is 46.7 Å². The van der Waals surface area contributed by atoms with E-state index in [1.165, 1.54) is 0 Å². The fourth-order valence-corrected chi connectivity index (χ4v) is 0. The topological polar surface area (TPSA) is 17.1 Å². The van der Waals surface area contributed by atoms with Crippen molar-refractivity contribution in [3.8, 4) is 0 Å². The van der Waals surface area contributed by atoms with Crippen LogP contribution in [0, 0.1) is 0 Å². The number of hydrogen-bond acceptors (Lipinski definition) is 1. The molecule has 0 aliphatic rings. The third-order valence-electron chi connectivity index (χ3n) is 0. The van der Waals surface area contributed by atoms with Crippen molar-refractivity contribution in [1.82, 2.24) is 0 Å². The Kier molecular flexibility index (Phi) is 847. The van der Waals surface area contributed by atoms with Gasteiger partial charge in [0.1, 0.15) is 0 Å². The minimum absolute atomic E-state index is 0. The summed E-state index contributed by atoms with van der Waals surface area (Å²) in [6.45, 7) is 0. The zero-order valence-electron chi connectivity index (χ0n) is 3.04. The van der Waals surface area contributed by atoms with Crippen molar-refractivity contribution in [2.24, 2.45) is 0 Å². The van der Waals surface area contributed by atoms with E-state index in [9.17, 15) is 0 Å². The molecule has 0 aromatic carbocycles. The standard InChI is InChI=1S/3FH.Na.O.Sn/h3*1H;;;/q;;;+1;;+2/p-3. The Morgan fingerprint density at radius 3 is 0.833 bits per heavy atom. The van der Waals surface area contributed by atoms with E-state index < -0.39 is 0 Å².